The summed E-state index contributed by atoms with van der Waals surface area (Å²) in [6, 6.07) is 6.20. The van der Waals surface area contributed by atoms with E-state index >= 15 is 0 Å². The summed E-state index contributed by atoms with van der Waals surface area (Å²) in [5.41, 5.74) is 2.36. The molecule has 1 N–H and O–H groups in total. The standard InChI is InChI=1S/C13H19BrO2/c1-9(2)12-5-4-10(3)6-13(12)16-8-11(15)7-14/h4-6,9,11,15H,7-8H2,1-3H3. The molecule has 0 aliphatic carbocycles. The number of alkyl halides is 1. The van der Waals surface area contributed by atoms with Gasteiger partial charge in [0.2, 0.25) is 0 Å². The van der Waals surface area contributed by atoms with Crippen molar-refractivity contribution in [3.8, 4) is 5.75 Å². The van der Waals surface area contributed by atoms with Crippen LogP contribution in [0.15, 0.2) is 18.2 Å². The predicted octanol–water partition coefficient (Wildman–Crippen LogP) is 3.25. The minimum atomic E-state index is -0.458. The van der Waals surface area contributed by atoms with Crippen molar-refractivity contribution in [3.05, 3.63) is 29.3 Å². The van der Waals surface area contributed by atoms with Gasteiger partial charge in [-0.3, -0.25) is 0 Å². The molecule has 0 saturated heterocycles. The zero-order valence-corrected chi connectivity index (χ0v) is 11.6. The van der Waals surface area contributed by atoms with Crippen molar-refractivity contribution in [1.29, 1.82) is 0 Å². The molecule has 1 atom stereocenters. The summed E-state index contributed by atoms with van der Waals surface area (Å²) in [5, 5.41) is 9.98. The monoisotopic (exact) mass is 286 g/mol. The van der Waals surface area contributed by atoms with Crippen LogP contribution in [-0.4, -0.2) is 23.1 Å². The third kappa shape index (κ3) is 3.80. The molecule has 16 heavy (non-hydrogen) atoms. The fraction of sp³-hybridized carbons (Fsp3) is 0.538. The van der Waals surface area contributed by atoms with Crippen LogP contribution in [-0.2, 0) is 0 Å². The van der Waals surface area contributed by atoms with Crippen molar-refractivity contribution in [3.63, 3.8) is 0 Å². The molecule has 2 nitrogen and oxygen atoms in total. The second-order valence-corrected chi connectivity index (χ2v) is 4.96. The first kappa shape index (κ1) is 13.5. The van der Waals surface area contributed by atoms with Crippen LogP contribution in [0.3, 0.4) is 0 Å². The molecule has 0 fully saturated rings. The maximum absolute atomic E-state index is 9.45. The Bertz CT molecular complexity index is 337. The second kappa shape index (κ2) is 6.26. The molecule has 1 rings (SSSR count). The minimum Gasteiger partial charge on any atom is -0.491 e. The number of ether oxygens (including phenoxy) is 1. The lowest BCUT2D eigenvalue weighted by atomic mass is 10.0. The van der Waals surface area contributed by atoms with E-state index in [4.69, 9.17) is 4.74 Å². The van der Waals surface area contributed by atoms with Crippen LogP contribution >= 0.6 is 15.9 Å². The highest BCUT2D eigenvalue weighted by molar-refractivity contribution is 9.09. The van der Waals surface area contributed by atoms with Gasteiger partial charge in [0.25, 0.3) is 0 Å². The topological polar surface area (TPSA) is 29.5 Å². The van der Waals surface area contributed by atoms with E-state index in [-0.39, 0.29) is 0 Å². The molecule has 0 spiro atoms. The van der Waals surface area contributed by atoms with E-state index in [1.165, 1.54) is 11.1 Å². The quantitative estimate of drug-likeness (QED) is 0.842. The molecule has 0 aliphatic rings. The maximum Gasteiger partial charge on any atom is 0.123 e. The third-order valence-electron chi connectivity index (χ3n) is 2.40. The Morgan fingerprint density at radius 3 is 2.62 bits per heavy atom. The van der Waals surface area contributed by atoms with Crippen molar-refractivity contribution in [2.45, 2.75) is 32.8 Å². The van der Waals surface area contributed by atoms with Crippen LogP contribution in [0.5, 0.6) is 5.75 Å². The Morgan fingerprint density at radius 2 is 2.06 bits per heavy atom. The smallest absolute Gasteiger partial charge is 0.123 e. The molecule has 0 saturated carbocycles. The first-order chi connectivity index (χ1) is 7.54. The van der Waals surface area contributed by atoms with E-state index in [0.29, 0.717) is 17.9 Å². The molecule has 0 aromatic heterocycles. The summed E-state index contributed by atoms with van der Waals surface area (Å²) < 4.78 is 5.65. The van der Waals surface area contributed by atoms with Crippen molar-refractivity contribution in [1.82, 2.24) is 0 Å². The fourth-order valence-electron chi connectivity index (χ4n) is 1.47. The van der Waals surface area contributed by atoms with Gasteiger partial charge in [0, 0.05) is 5.33 Å². The molecular weight excluding hydrogens is 268 g/mol. The first-order valence-electron chi connectivity index (χ1n) is 5.52. The van der Waals surface area contributed by atoms with Gasteiger partial charge in [0.05, 0.1) is 6.10 Å². The molecule has 0 radical (unpaired) electrons. The minimum absolute atomic E-state index is 0.328. The van der Waals surface area contributed by atoms with Crippen molar-refractivity contribution >= 4 is 15.9 Å². The van der Waals surface area contributed by atoms with Gasteiger partial charge in [-0.05, 0) is 30.0 Å². The number of hydrogen-bond acceptors (Lipinski definition) is 2. The van der Waals surface area contributed by atoms with Crippen LogP contribution < -0.4 is 4.74 Å². The largest absolute Gasteiger partial charge is 0.491 e. The van der Waals surface area contributed by atoms with Gasteiger partial charge >= 0.3 is 0 Å². The predicted molar refractivity (Wildman–Crippen MR) is 70.6 cm³/mol. The average Bonchev–Trinajstić information content (AvgIpc) is 2.25. The third-order valence-corrected chi connectivity index (χ3v) is 3.15. The molecule has 90 valence electrons. The summed E-state index contributed by atoms with van der Waals surface area (Å²) in [4.78, 5) is 0. The summed E-state index contributed by atoms with van der Waals surface area (Å²) in [7, 11) is 0. The summed E-state index contributed by atoms with van der Waals surface area (Å²) in [6.07, 6.45) is -0.458. The molecule has 1 aromatic carbocycles. The lowest BCUT2D eigenvalue weighted by Crippen LogP contribution is -2.19. The number of benzene rings is 1. The van der Waals surface area contributed by atoms with Crippen molar-refractivity contribution < 1.29 is 9.84 Å². The Morgan fingerprint density at radius 1 is 1.38 bits per heavy atom. The number of aliphatic hydroxyl groups excluding tert-OH is 1. The summed E-state index contributed by atoms with van der Waals surface area (Å²) >= 11 is 3.22. The van der Waals surface area contributed by atoms with Crippen molar-refractivity contribution in [2.75, 3.05) is 11.9 Å². The van der Waals surface area contributed by atoms with Crippen molar-refractivity contribution in [2.24, 2.45) is 0 Å². The fourth-order valence-corrected chi connectivity index (χ4v) is 1.66. The lowest BCUT2D eigenvalue weighted by Gasteiger charge is -2.16. The SMILES string of the molecule is Cc1ccc(C(C)C)c(OCC(O)CBr)c1. The van der Waals surface area contributed by atoms with Gasteiger partial charge in [0.15, 0.2) is 0 Å². The molecule has 0 aliphatic heterocycles. The molecule has 0 amide bonds. The van der Waals surface area contributed by atoms with E-state index in [9.17, 15) is 5.11 Å². The number of aryl methyl sites for hydroxylation is 1. The summed E-state index contributed by atoms with van der Waals surface area (Å²) in [5.74, 6) is 1.31. The molecule has 0 heterocycles. The van der Waals surface area contributed by atoms with Gasteiger partial charge < -0.3 is 9.84 Å². The van der Waals surface area contributed by atoms with E-state index in [1.807, 2.05) is 13.0 Å². The van der Waals surface area contributed by atoms with E-state index in [2.05, 4.69) is 41.9 Å². The van der Waals surface area contributed by atoms with E-state index in [1.54, 1.807) is 0 Å². The highest BCUT2D eigenvalue weighted by Gasteiger charge is 2.10. The first-order valence-corrected chi connectivity index (χ1v) is 6.64. The zero-order chi connectivity index (χ0) is 12.1. The van der Waals surface area contributed by atoms with Crippen LogP contribution in [0.25, 0.3) is 0 Å². The van der Waals surface area contributed by atoms with Gasteiger partial charge in [-0.2, -0.15) is 0 Å². The highest BCUT2D eigenvalue weighted by atomic mass is 79.9. The van der Waals surface area contributed by atoms with Crippen LogP contribution in [0.1, 0.15) is 30.9 Å². The number of hydrogen-bond donors (Lipinski definition) is 1. The Balaban J connectivity index is 2.80. The molecular formula is C13H19BrO2. The number of halogens is 1. The molecule has 1 aromatic rings. The van der Waals surface area contributed by atoms with Crippen LogP contribution in [0.2, 0.25) is 0 Å². The maximum atomic E-state index is 9.45. The molecule has 1 unspecified atom stereocenters. The summed E-state index contributed by atoms with van der Waals surface area (Å²) in [6.45, 7) is 6.64. The highest BCUT2D eigenvalue weighted by Crippen LogP contribution is 2.27. The van der Waals surface area contributed by atoms with Gasteiger partial charge in [-0.15, -0.1) is 0 Å². The Kier molecular flexibility index (Phi) is 5.29. The van der Waals surface area contributed by atoms with Gasteiger partial charge in [0.1, 0.15) is 12.4 Å². The molecule has 3 heteroatoms. The number of aliphatic hydroxyl groups is 1. The zero-order valence-electron chi connectivity index (χ0n) is 10.0. The Hall–Kier alpha value is -0.540. The van der Waals surface area contributed by atoms with E-state index < -0.39 is 6.10 Å². The van der Waals surface area contributed by atoms with Crippen LogP contribution in [0, 0.1) is 6.92 Å². The van der Waals surface area contributed by atoms with Gasteiger partial charge in [-0.25, -0.2) is 0 Å². The second-order valence-electron chi connectivity index (χ2n) is 4.32. The Labute approximate surface area is 106 Å². The lowest BCUT2D eigenvalue weighted by molar-refractivity contribution is 0.126. The molecule has 0 bridgehead atoms. The average molecular weight is 287 g/mol. The van der Waals surface area contributed by atoms with Gasteiger partial charge in [-0.1, -0.05) is 41.9 Å². The van der Waals surface area contributed by atoms with Crippen LogP contribution in [0.4, 0.5) is 0 Å². The van der Waals surface area contributed by atoms with E-state index in [0.717, 1.165) is 5.75 Å². The normalized spacial score (nSPS) is 12.9. The number of rotatable bonds is 5.